The minimum atomic E-state index is -0.509. The van der Waals surface area contributed by atoms with Gasteiger partial charge in [0.05, 0.1) is 0 Å². The number of likely N-dealkylation sites (tertiary alicyclic amines) is 1. The van der Waals surface area contributed by atoms with Crippen LogP contribution < -0.4 is 5.32 Å². The summed E-state index contributed by atoms with van der Waals surface area (Å²) < 4.78 is 18.2. The second-order valence-electron chi connectivity index (χ2n) is 7.66. The fraction of sp³-hybridized carbons (Fsp3) is 0.476. The fourth-order valence-corrected chi connectivity index (χ4v) is 3.73. The van der Waals surface area contributed by atoms with Gasteiger partial charge in [-0.25, -0.2) is 4.39 Å². The first-order valence-corrected chi connectivity index (χ1v) is 9.64. The number of nitrogens with one attached hydrogen (secondary N) is 1. The van der Waals surface area contributed by atoms with Crippen molar-refractivity contribution >= 4 is 17.6 Å². The van der Waals surface area contributed by atoms with E-state index in [0.717, 1.165) is 12.0 Å². The van der Waals surface area contributed by atoms with Crippen LogP contribution in [0.3, 0.4) is 0 Å². The molecule has 1 aromatic heterocycles. The Labute approximate surface area is 164 Å². The van der Waals surface area contributed by atoms with E-state index in [0.29, 0.717) is 24.5 Å². The molecule has 0 aliphatic carbocycles. The predicted octanol–water partition coefficient (Wildman–Crippen LogP) is 3.88. The summed E-state index contributed by atoms with van der Waals surface area (Å²) in [4.78, 5) is 27.3. The smallest absolute Gasteiger partial charge is 0.248 e. The SMILES string of the molecule is Cc1cc(NC(=O)[C@@H]2CCCN2C(=O)CC(c2ccc(F)cc2)C(C)C)no1. The van der Waals surface area contributed by atoms with Crippen molar-refractivity contribution in [3.05, 3.63) is 47.5 Å². The Morgan fingerprint density at radius 3 is 2.64 bits per heavy atom. The summed E-state index contributed by atoms with van der Waals surface area (Å²) in [5, 5.41) is 6.50. The first kappa shape index (κ1) is 20.0. The summed E-state index contributed by atoms with van der Waals surface area (Å²) in [6, 6.07) is 7.43. The van der Waals surface area contributed by atoms with Crippen LogP contribution in [0.15, 0.2) is 34.9 Å². The lowest BCUT2D eigenvalue weighted by molar-refractivity contribution is -0.137. The van der Waals surface area contributed by atoms with Crippen LogP contribution in [0.25, 0.3) is 0 Å². The molecule has 150 valence electrons. The van der Waals surface area contributed by atoms with E-state index in [2.05, 4.69) is 10.5 Å². The number of hydrogen-bond acceptors (Lipinski definition) is 4. The summed E-state index contributed by atoms with van der Waals surface area (Å²) in [5.41, 5.74) is 0.933. The number of anilines is 1. The number of aryl methyl sites for hydroxylation is 1. The summed E-state index contributed by atoms with van der Waals surface area (Å²) >= 11 is 0. The lowest BCUT2D eigenvalue weighted by atomic mass is 9.85. The predicted molar refractivity (Wildman–Crippen MR) is 103 cm³/mol. The normalized spacial score (nSPS) is 17.8. The number of aromatic nitrogens is 1. The van der Waals surface area contributed by atoms with Gasteiger partial charge in [-0.15, -0.1) is 0 Å². The van der Waals surface area contributed by atoms with E-state index in [4.69, 9.17) is 4.52 Å². The number of carbonyl (C=O) groups excluding carboxylic acids is 2. The zero-order chi connectivity index (χ0) is 20.3. The van der Waals surface area contributed by atoms with Crippen molar-refractivity contribution in [2.75, 3.05) is 11.9 Å². The van der Waals surface area contributed by atoms with E-state index in [1.807, 2.05) is 13.8 Å². The zero-order valence-corrected chi connectivity index (χ0v) is 16.4. The van der Waals surface area contributed by atoms with Gasteiger partial charge in [-0.1, -0.05) is 31.1 Å². The molecule has 3 rings (SSSR count). The molecule has 1 aromatic carbocycles. The molecular formula is C21H26FN3O3. The Bertz CT molecular complexity index is 832. The van der Waals surface area contributed by atoms with Crippen LogP contribution in [0.2, 0.25) is 0 Å². The molecule has 1 unspecified atom stereocenters. The number of halogens is 1. The topological polar surface area (TPSA) is 75.4 Å². The van der Waals surface area contributed by atoms with Crippen LogP contribution in [0.5, 0.6) is 0 Å². The molecule has 0 spiro atoms. The van der Waals surface area contributed by atoms with Crippen LogP contribution in [0.4, 0.5) is 10.2 Å². The van der Waals surface area contributed by atoms with Gasteiger partial charge in [0.1, 0.15) is 17.6 Å². The van der Waals surface area contributed by atoms with E-state index in [9.17, 15) is 14.0 Å². The quantitative estimate of drug-likeness (QED) is 0.816. The molecular weight excluding hydrogens is 361 g/mol. The average molecular weight is 387 g/mol. The third kappa shape index (κ3) is 4.58. The number of carbonyl (C=O) groups is 2. The van der Waals surface area contributed by atoms with Crippen LogP contribution in [0, 0.1) is 18.7 Å². The number of rotatable bonds is 6. The maximum absolute atomic E-state index is 13.2. The Hall–Kier alpha value is -2.70. The standard InChI is InChI=1S/C21H26FN3O3/c1-13(2)17(15-6-8-16(22)9-7-15)12-20(26)25-10-4-5-18(25)21(27)23-19-11-14(3)28-24-19/h6-9,11,13,17-18H,4-5,10,12H2,1-3H3,(H,23,24,27)/t17?,18-/m0/s1. The Morgan fingerprint density at radius 1 is 1.32 bits per heavy atom. The van der Waals surface area contributed by atoms with Gasteiger partial charge < -0.3 is 14.7 Å². The molecule has 1 fully saturated rings. The minimum absolute atomic E-state index is 0.0319. The van der Waals surface area contributed by atoms with Gasteiger partial charge in [-0.05, 0) is 49.3 Å². The molecule has 0 saturated carbocycles. The highest BCUT2D eigenvalue weighted by Gasteiger charge is 2.35. The Kier molecular flexibility index (Phi) is 6.11. The molecule has 28 heavy (non-hydrogen) atoms. The van der Waals surface area contributed by atoms with Crippen LogP contribution in [-0.4, -0.2) is 34.5 Å². The molecule has 0 radical (unpaired) electrons. The van der Waals surface area contributed by atoms with Crippen LogP contribution in [0.1, 0.15) is 50.4 Å². The minimum Gasteiger partial charge on any atom is -0.360 e. The van der Waals surface area contributed by atoms with E-state index in [1.165, 1.54) is 12.1 Å². The summed E-state index contributed by atoms with van der Waals surface area (Å²) in [7, 11) is 0. The third-order valence-corrected chi connectivity index (χ3v) is 5.25. The first-order chi connectivity index (χ1) is 13.3. The van der Waals surface area contributed by atoms with E-state index >= 15 is 0 Å². The molecule has 1 N–H and O–H groups in total. The molecule has 1 aliphatic rings. The maximum Gasteiger partial charge on any atom is 0.248 e. The highest BCUT2D eigenvalue weighted by atomic mass is 19.1. The lowest BCUT2D eigenvalue weighted by Crippen LogP contribution is -2.43. The Balaban J connectivity index is 1.68. The van der Waals surface area contributed by atoms with Gasteiger partial charge in [0.25, 0.3) is 0 Å². The number of hydrogen-bond donors (Lipinski definition) is 1. The molecule has 1 saturated heterocycles. The first-order valence-electron chi connectivity index (χ1n) is 9.64. The van der Waals surface area contributed by atoms with Crippen molar-refractivity contribution in [3.63, 3.8) is 0 Å². The fourth-order valence-electron chi connectivity index (χ4n) is 3.73. The van der Waals surface area contributed by atoms with Gasteiger partial charge in [0.15, 0.2) is 5.82 Å². The molecule has 7 heteroatoms. The largest absolute Gasteiger partial charge is 0.360 e. The van der Waals surface area contributed by atoms with Crippen molar-refractivity contribution in [2.24, 2.45) is 5.92 Å². The number of benzene rings is 1. The molecule has 0 bridgehead atoms. The molecule has 1 aliphatic heterocycles. The number of amides is 2. The molecule has 2 atom stereocenters. The Morgan fingerprint density at radius 2 is 2.04 bits per heavy atom. The summed E-state index contributed by atoms with van der Waals surface area (Å²) in [5.74, 6) is 0.538. The van der Waals surface area contributed by atoms with E-state index in [-0.39, 0.29) is 35.9 Å². The summed E-state index contributed by atoms with van der Waals surface area (Å²) in [6.07, 6.45) is 1.69. The van der Waals surface area contributed by atoms with Gasteiger partial charge in [-0.2, -0.15) is 0 Å². The number of nitrogens with zero attached hydrogens (tertiary/aromatic N) is 2. The van der Waals surface area contributed by atoms with Crippen LogP contribution in [-0.2, 0) is 9.59 Å². The molecule has 6 nitrogen and oxygen atoms in total. The molecule has 2 heterocycles. The highest BCUT2D eigenvalue weighted by Crippen LogP contribution is 2.30. The molecule has 2 aromatic rings. The van der Waals surface area contributed by atoms with Crippen molar-refractivity contribution in [1.29, 1.82) is 0 Å². The second kappa shape index (κ2) is 8.54. The van der Waals surface area contributed by atoms with E-state index in [1.54, 1.807) is 30.0 Å². The van der Waals surface area contributed by atoms with Crippen molar-refractivity contribution in [2.45, 2.75) is 52.0 Å². The van der Waals surface area contributed by atoms with Gasteiger partial charge >= 0.3 is 0 Å². The van der Waals surface area contributed by atoms with Gasteiger partial charge in [0.2, 0.25) is 11.8 Å². The maximum atomic E-state index is 13.2. The van der Waals surface area contributed by atoms with Crippen LogP contribution >= 0.6 is 0 Å². The average Bonchev–Trinajstić information content (AvgIpc) is 3.29. The van der Waals surface area contributed by atoms with Gasteiger partial charge in [0, 0.05) is 19.0 Å². The highest BCUT2D eigenvalue weighted by molar-refractivity contribution is 5.97. The van der Waals surface area contributed by atoms with Crippen molar-refractivity contribution in [3.8, 4) is 0 Å². The molecule has 2 amide bonds. The second-order valence-corrected chi connectivity index (χ2v) is 7.66. The van der Waals surface area contributed by atoms with Crippen molar-refractivity contribution in [1.82, 2.24) is 10.1 Å². The zero-order valence-electron chi connectivity index (χ0n) is 16.4. The van der Waals surface area contributed by atoms with E-state index < -0.39 is 6.04 Å². The van der Waals surface area contributed by atoms with Gasteiger partial charge in [-0.3, -0.25) is 9.59 Å². The monoisotopic (exact) mass is 387 g/mol. The lowest BCUT2D eigenvalue weighted by Gasteiger charge is -2.27. The van der Waals surface area contributed by atoms with Crippen molar-refractivity contribution < 1.29 is 18.5 Å². The third-order valence-electron chi connectivity index (χ3n) is 5.25. The summed E-state index contributed by atoms with van der Waals surface area (Å²) in [6.45, 7) is 6.39.